The smallest absolute Gasteiger partial charge is 0.259 e. The minimum absolute atomic E-state index is 0.0658. The molecule has 3 heterocycles. The summed E-state index contributed by atoms with van der Waals surface area (Å²) in [7, 11) is -1.86. The van der Waals surface area contributed by atoms with Crippen LogP contribution in [0.4, 0.5) is 0 Å². The number of nitrogens with zero attached hydrogens (tertiary/aromatic N) is 3. The van der Waals surface area contributed by atoms with Gasteiger partial charge in [-0.1, -0.05) is 13.8 Å². The van der Waals surface area contributed by atoms with Crippen molar-refractivity contribution in [1.29, 1.82) is 0 Å². The molecule has 0 aliphatic carbocycles. The van der Waals surface area contributed by atoms with Gasteiger partial charge in [0, 0.05) is 50.3 Å². The van der Waals surface area contributed by atoms with Crippen molar-refractivity contribution in [3.05, 3.63) is 36.2 Å². The van der Waals surface area contributed by atoms with Gasteiger partial charge in [-0.15, -0.1) is 0 Å². The average molecular weight is 399 g/mol. The molecule has 1 fully saturated rings. The second-order valence-corrected chi connectivity index (χ2v) is 9.67. The highest BCUT2D eigenvalue weighted by Crippen LogP contribution is 2.25. The van der Waals surface area contributed by atoms with Crippen LogP contribution in [0.2, 0.25) is 0 Å². The van der Waals surface area contributed by atoms with E-state index in [9.17, 15) is 8.42 Å². The molecule has 2 aromatic heterocycles. The lowest BCUT2D eigenvalue weighted by molar-refractivity contribution is 0.193. The summed E-state index contributed by atoms with van der Waals surface area (Å²) < 4.78 is 35.5. The van der Waals surface area contributed by atoms with E-state index in [0.717, 1.165) is 36.2 Å². The Bertz CT molecular complexity index is 809. The zero-order valence-corrected chi connectivity index (χ0v) is 17.0. The standard InChI is InChI=1S/C17H26N4O3S2/c1-13(2)17-19-16(12-20(17)3)26(22,23)18-11-14(15-5-4-8-24-15)21-6-9-25-10-7-21/h4-5,8,12-14,18H,6-7,9-11H2,1-3H3. The number of sulfonamides is 1. The first kappa shape index (κ1) is 19.5. The van der Waals surface area contributed by atoms with E-state index in [4.69, 9.17) is 4.42 Å². The van der Waals surface area contributed by atoms with Gasteiger partial charge in [0.15, 0.2) is 5.03 Å². The van der Waals surface area contributed by atoms with Gasteiger partial charge in [0.2, 0.25) is 0 Å². The van der Waals surface area contributed by atoms with Crippen LogP contribution < -0.4 is 4.72 Å². The fraction of sp³-hybridized carbons (Fsp3) is 0.588. The first-order valence-electron chi connectivity index (χ1n) is 8.76. The summed E-state index contributed by atoms with van der Waals surface area (Å²) in [6.45, 7) is 6.08. The summed E-state index contributed by atoms with van der Waals surface area (Å²) in [5.41, 5.74) is 0. The van der Waals surface area contributed by atoms with Crippen LogP contribution in [0.3, 0.4) is 0 Å². The highest BCUT2D eigenvalue weighted by atomic mass is 32.2. The van der Waals surface area contributed by atoms with Crippen LogP contribution in [0.1, 0.15) is 37.4 Å². The second kappa shape index (κ2) is 8.16. The Hall–Kier alpha value is -1.29. The fourth-order valence-electron chi connectivity index (χ4n) is 3.16. The molecule has 2 aromatic rings. The quantitative estimate of drug-likeness (QED) is 0.770. The van der Waals surface area contributed by atoms with Gasteiger partial charge < -0.3 is 8.98 Å². The maximum Gasteiger partial charge on any atom is 0.259 e. The molecule has 1 unspecified atom stereocenters. The van der Waals surface area contributed by atoms with E-state index < -0.39 is 10.0 Å². The highest BCUT2D eigenvalue weighted by molar-refractivity contribution is 7.99. The maximum absolute atomic E-state index is 12.7. The largest absolute Gasteiger partial charge is 0.468 e. The molecule has 0 amide bonds. The molecule has 1 aliphatic rings. The topological polar surface area (TPSA) is 80.4 Å². The van der Waals surface area contributed by atoms with Crippen molar-refractivity contribution in [3.8, 4) is 0 Å². The number of rotatable bonds is 7. The number of hydrogen-bond donors (Lipinski definition) is 1. The summed E-state index contributed by atoms with van der Waals surface area (Å²) in [5.74, 6) is 3.78. The lowest BCUT2D eigenvalue weighted by Gasteiger charge is -2.33. The number of hydrogen-bond acceptors (Lipinski definition) is 6. The van der Waals surface area contributed by atoms with Crippen molar-refractivity contribution < 1.29 is 12.8 Å². The molecule has 9 heteroatoms. The third-order valence-corrected chi connectivity index (χ3v) is 6.74. The zero-order chi connectivity index (χ0) is 18.7. The number of thioether (sulfide) groups is 1. The molecule has 0 saturated carbocycles. The SMILES string of the molecule is CC(C)c1nc(S(=O)(=O)NCC(c2ccco2)N2CCSCC2)cn1C. The van der Waals surface area contributed by atoms with Crippen molar-refractivity contribution >= 4 is 21.8 Å². The van der Waals surface area contributed by atoms with Crippen LogP contribution in [-0.2, 0) is 17.1 Å². The summed E-state index contributed by atoms with van der Waals surface area (Å²) >= 11 is 1.92. The first-order chi connectivity index (χ1) is 12.4. The van der Waals surface area contributed by atoms with E-state index >= 15 is 0 Å². The van der Waals surface area contributed by atoms with Crippen LogP contribution in [0.25, 0.3) is 0 Å². The molecule has 0 spiro atoms. The molecule has 1 atom stereocenters. The molecule has 3 rings (SSSR count). The molecule has 26 heavy (non-hydrogen) atoms. The predicted molar refractivity (Wildman–Crippen MR) is 103 cm³/mol. The molecule has 144 valence electrons. The van der Waals surface area contributed by atoms with Crippen molar-refractivity contribution in [2.45, 2.75) is 30.8 Å². The number of aryl methyl sites for hydroxylation is 1. The Labute approximate surface area is 159 Å². The van der Waals surface area contributed by atoms with Gasteiger partial charge in [0.05, 0.1) is 12.3 Å². The van der Waals surface area contributed by atoms with Gasteiger partial charge in [0.25, 0.3) is 10.0 Å². The van der Waals surface area contributed by atoms with Crippen LogP contribution in [0.15, 0.2) is 34.0 Å². The van der Waals surface area contributed by atoms with E-state index in [2.05, 4.69) is 14.6 Å². The van der Waals surface area contributed by atoms with Gasteiger partial charge in [-0.3, -0.25) is 4.90 Å². The number of imidazole rings is 1. The Morgan fingerprint density at radius 1 is 1.35 bits per heavy atom. The Kier molecular flexibility index (Phi) is 6.11. The maximum atomic E-state index is 12.7. The van der Waals surface area contributed by atoms with E-state index in [1.807, 2.05) is 44.8 Å². The van der Waals surface area contributed by atoms with E-state index in [1.54, 1.807) is 17.0 Å². The minimum atomic E-state index is -3.68. The average Bonchev–Trinajstić information content (AvgIpc) is 3.26. The minimum Gasteiger partial charge on any atom is -0.468 e. The highest BCUT2D eigenvalue weighted by Gasteiger charge is 2.28. The third kappa shape index (κ3) is 4.33. The van der Waals surface area contributed by atoms with Gasteiger partial charge in [0.1, 0.15) is 11.6 Å². The van der Waals surface area contributed by atoms with Crippen molar-refractivity contribution in [3.63, 3.8) is 0 Å². The molecule has 0 radical (unpaired) electrons. The summed E-state index contributed by atoms with van der Waals surface area (Å²) in [6, 6.07) is 3.62. The summed E-state index contributed by atoms with van der Waals surface area (Å²) in [6.07, 6.45) is 3.19. The van der Waals surface area contributed by atoms with Crippen LogP contribution in [0, 0.1) is 0 Å². The van der Waals surface area contributed by atoms with Gasteiger partial charge in [-0.25, -0.2) is 18.1 Å². The molecule has 1 saturated heterocycles. The van der Waals surface area contributed by atoms with Gasteiger partial charge in [-0.2, -0.15) is 11.8 Å². The predicted octanol–water partition coefficient (Wildman–Crippen LogP) is 2.20. The number of furan rings is 1. The fourth-order valence-corrected chi connectivity index (χ4v) is 5.13. The Balaban J connectivity index is 1.76. The summed E-state index contributed by atoms with van der Waals surface area (Å²) in [5, 5.41) is 0.0658. The first-order valence-corrected chi connectivity index (χ1v) is 11.4. The van der Waals surface area contributed by atoms with Crippen LogP contribution >= 0.6 is 11.8 Å². The van der Waals surface area contributed by atoms with E-state index in [0.29, 0.717) is 0 Å². The van der Waals surface area contributed by atoms with E-state index in [-0.39, 0.29) is 23.5 Å². The molecule has 0 aromatic carbocycles. The van der Waals surface area contributed by atoms with E-state index in [1.165, 1.54) is 0 Å². The van der Waals surface area contributed by atoms with Crippen molar-refractivity contribution in [2.24, 2.45) is 7.05 Å². The van der Waals surface area contributed by atoms with Crippen molar-refractivity contribution in [1.82, 2.24) is 19.2 Å². The van der Waals surface area contributed by atoms with Gasteiger partial charge >= 0.3 is 0 Å². The van der Waals surface area contributed by atoms with Crippen molar-refractivity contribution in [2.75, 3.05) is 31.1 Å². The molecular weight excluding hydrogens is 372 g/mol. The lowest BCUT2D eigenvalue weighted by Crippen LogP contribution is -2.42. The molecule has 1 N–H and O–H groups in total. The van der Waals surface area contributed by atoms with Crippen LogP contribution in [-0.4, -0.2) is 54.0 Å². The molecule has 0 bridgehead atoms. The second-order valence-electron chi connectivity index (χ2n) is 6.73. The Morgan fingerprint density at radius 2 is 2.08 bits per heavy atom. The number of aromatic nitrogens is 2. The monoisotopic (exact) mass is 398 g/mol. The normalized spacial score (nSPS) is 17.7. The number of nitrogens with one attached hydrogen (secondary N) is 1. The molecular formula is C17H26N4O3S2. The third-order valence-electron chi connectivity index (χ3n) is 4.51. The Morgan fingerprint density at radius 3 is 2.65 bits per heavy atom. The summed E-state index contributed by atoms with van der Waals surface area (Å²) in [4.78, 5) is 6.58. The zero-order valence-electron chi connectivity index (χ0n) is 15.4. The molecule has 1 aliphatic heterocycles. The van der Waals surface area contributed by atoms with Gasteiger partial charge in [-0.05, 0) is 12.1 Å². The van der Waals surface area contributed by atoms with Crippen LogP contribution in [0.5, 0.6) is 0 Å². The lowest BCUT2D eigenvalue weighted by atomic mass is 10.2. The molecule has 7 nitrogen and oxygen atoms in total.